The fourth-order valence-electron chi connectivity index (χ4n) is 3.12. The molecule has 2 heterocycles. The molecule has 4 nitrogen and oxygen atoms in total. The van der Waals surface area contributed by atoms with E-state index in [0.717, 1.165) is 35.4 Å². The van der Waals surface area contributed by atoms with Crippen LogP contribution in [0.3, 0.4) is 0 Å². The summed E-state index contributed by atoms with van der Waals surface area (Å²) in [7, 11) is 0. The quantitative estimate of drug-likeness (QED) is 0.774. The number of hydrogen-bond acceptors (Lipinski definition) is 3. The van der Waals surface area contributed by atoms with Crippen LogP contribution in [0.4, 0.5) is 0 Å². The molecular weight excluding hydrogens is 300 g/mol. The number of nitrogens with zero attached hydrogens (tertiary/aromatic N) is 1. The maximum atomic E-state index is 12.4. The Bertz CT molecular complexity index is 713. The van der Waals surface area contributed by atoms with Gasteiger partial charge < -0.3 is 9.72 Å². The van der Waals surface area contributed by atoms with E-state index in [1.165, 1.54) is 5.71 Å². The smallest absolute Gasteiger partial charge is 0.355 e. The predicted octanol–water partition coefficient (Wildman–Crippen LogP) is 5.21. The second-order valence-corrected chi connectivity index (χ2v) is 8.27. The highest BCUT2D eigenvalue weighted by Crippen LogP contribution is 2.37. The van der Waals surface area contributed by atoms with E-state index in [1.54, 1.807) is 0 Å². The predicted molar refractivity (Wildman–Crippen MR) is 99.5 cm³/mol. The van der Waals surface area contributed by atoms with Gasteiger partial charge in [0.05, 0.1) is 0 Å². The molecule has 0 unspecified atom stereocenters. The minimum Gasteiger partial charge on any atom is -0.455 e. The van der Waals surface area contributed by atoms with Gasteiger partial charge in [0.15, 0.2) is 0 Å². The fraction of sp³-hybridized carbons (Fsp3) is 0.600. The highest BCUT2D eigenvalue weighted by atomic mass is 16.6. The molecule has 2 rings (SSSR count). The van der Waals surface area contributed by atoms with E-state index >= 15 is 0 Å². The zero-order valence-electron chi connectivity index (χ0n) is 16.3. The number of carbonyl (C=O) groups is 1. The van der Waals surface area contributed by atoms with Crippen LogP contribution < -0.4 is 0 Å². The summed E-state index contributed by atoms with van der Waals surface area (Å²) in [4.78, 5) is 20.4. The van der Waals surface area contributed by atoms with Gasteiger partial charge in [-0.3, -0.25) is 4.99 Å². The Morgan fingerprint density at radius 1 is 1.29 bits per heavy atom. The van der Waals surface area contributed by atoms with Crippen LogP contribution in [0.15, 0.2) is 10.7 Å². The molecule has 1 aromatic heterocycles. The number of nitrogens with one attached hydrogen (secondary N) is 1. The first kappa shape index (κ1) is 18.5. The number of aromatic nitrogens is 1. The van der Waals surface area contributed by atoms with Gasteiger partial charge >= 0.3 is 5.97 Å². The van der Waals surface area contributed by atoms with Gasteiger partial charge in [-0.2, -0.15) is 0 Å². The Morgan fingerprint density at radius 3 is 2.42 bits per heavy atom. The van der Waals surface area contributed by atoms with Gasteiger partial charge in [0.2, 0.25) is 0 Å². The Balaban J connectivity index is 2.34. The van der Waals surface area contributed by atoms with Gasteiger partial charge in [-0.15, -0.1) is 0 Å². The molecule has 1 N–H and O–H groups in total. The van der Waals surface area contributed by atoms with E-state index in [4.69, 9.17) is 9.73 Å². The first-order valence-electron chi connectivity index (χ1n) is 8.65. The van der Waals surface area contributed by atoms with Crippen LogP contribution in [0.5, 0.6) is 0 Å². The third-order valence-corrected chi connectivity index (χ3v) is 4.53. The lowest BCUT2D eigenvalue weighted by Crippen LogP contribution is -2.24. The molecule has 0 fully saturated rings. The first-order chi connectivity index (χ1) is 10.9. The lowest BCUT2D eigenvalue weighted by molar-refractivity contribution is 0.00627. The standard InChI is InChI=1S/C20H30N2O2/c1-9-16-20(7,8)11-14(21-16)10-15-12(2)13(3)17(22-15)18(23)24-19(4,5)6/h10,22H,9,11H2,1-8H3/b14-10-. The van der Waals surface area contributed by atoms with E-state index in [2.05, 4.69) is 31.8 Å². The van der Waals surface area contributed by atoms with Crippen LogP contribution in [0.1, 0.15) is 81.7 Å². The minimum atomic E-state index is -0.503. The number of aromatic amines is 1. The molecule has 1 aliphatic rings. The van der Waals surface area contributed by atoms with Crippen molar-refractivity contribution in [1.82, 2.24) is 4.98 Å². The van der Waals surface area contributed by atoms with Crippen molar-refractivity contribution in [3.63, 3.8) is 0 Å². The molecule has 0 saturated carbocycles. The Kier molecular flexibility index (Phi) is 4.80. The van der Waals surface area contributed by atoms with E-state index in [-0.39, 0.29) is 11.4 Å². The zero-order chi connectivity index (χ0) is 18.3. The molecule has 24 heavy (non-hydrogen) atoms. The highest BCUT2D eigenvalue weighted by Gasteiger charge is 2.31. The highest BCUT2D eigenvalue weighted by molar-refractivity contribution is 5.94. The molecule has 0 amide bonds. The maximum Gasteiger partial charge on any atom is 0.355 e. The van der Waals surface area contributed by atoms with Crippen molar-refractivity contribution in [3.8, 4) is 0 Å². The van der Waals surface area contributed by atoms with E-state index in [1.807, 2.05) is 34.6 Å². The van der Waals surface area contributed by atoms with Crippen LogP contribution in [-0.2, 0) is 4.74 Å². The Morgan fingerprint density at radius 2 is 1.92 bits per heavy atom. The molecule has 1 aliphatic heterocycles. The normalized spacial score (nSPS) is 18.8. The molecule has 0 saturated heterocycles. The summed E-state index contributed by atoms with van der Waals surface area (Å²) in [5, 5.41) is 0. The Labute approximate surface area is 145 Å². The number of rotatable bonds is 3. The largest absolute Gasteiger partial charge is 0.455 e. The monoisotopic (exact) mass is 330 g/mol. The van der Waals surface area contributed by atoms with Gasteiger partial charge in [-0.25, -0.2) is 4.79 Å². The number of hydrogen-bond donors (Lipinski definition) is 1. The van der Waals surface area contributed by atoms with Gasteiger partial charge in [0.25, 0.3) is 0 Å². The topological polar surface area (TPSA) is 54.5 Å². The molecule has 4 heteroatoms. The number of ether oxygens (including phenoxy) is 1. The van der Waals surface area contributed by atoms with Crippen molar-refractivity contribution in [2.45, 2.75) is 73.8 Å². The second-order valence-electron chi connectivity index (χ2n) is 8.27. The molecule has 132 valence electrons. The zero-order valence-corrected chi connectivity index (χ0v) is 16.3. The lowest BCUT2D eigenvalue weighted by Gasteiger charge is -2.19. The summed E-state index contributed by atoms with van der Waals surface area (Å²) in [5.74, 6) is -0.308. The van der Waals surface area contributed by atoms with Crippen LogP contribution in [0.2, 0.25) is 0 Å². The summed E-state index contributed by atoms with van der Waals surface area (Å²) < 4.78 is 5.49. The van der Waals surface area contributed by atoms with Gasteiger partial charge in [-0.1, -0.05) is 20.8 Å². The number of H-pyrrole nitrogens is 1. The number of aliphatic imine (C=N–C) groups is 1. The molecule has 0 radical (unpaired) electrons. The van der Waals surface area contributed by atoms with Crippen LogP contribution in [0.25, 0.3) is 6.08 Å². The van der Waals surface area contributed by atoms with E-state index in [9.17, 15) is 4.79 Å². The average molecular weight is 330 g/mol. The molecule has 0 atom stereocenters. The van der Waals surface area contributed by atoms with Gasteiger partial charge in [0.1, 0.15) is 11.3 Å². The molecular formula is C20H30N2O2. The molecule has 0 aliphatic carbocycles. The summed E-state index contributed by atoms with van der Waals surface area (Å²) in [6.45, 7) is 16.2. The van der Waals surface area contributed by atoms with E-state index in [0.29, 0.717) is 5.69 Å². The molecule has 0 bridgehead atoms. The maximum absolute atomic E-state index is 12.4. The van der Waals surface area contributed by atoms with Crippen molar-refractivity contribution < 1.29 is 9.53 Å². The SMILES string of the molecule is CCC1=N/C(=C\c2[nH]c(C(=O)OC(C)(C)C)c(C)c2C)CC1(C)C. The molecule has 0 spiro atoms. The van der Waals surface area contributed by atoms with Crippen LogP contribution in [-0.4, -0.2) is 22.3 Å². The third-order valence-electron chi connectivity index (χ3n) is 4.53. The van der Waals surface area contributed by atoms with E-state index < -0.39 is 5.60 Å². The van der Waals surface area contributed by atoms with Crippen molar-refractivity contribution in [1.29, 1.82) is 0 Å². The third kappa shape index (κ3) is 3.80. The Hall–Kier alpha value is -1.84. The molecule has 1 aromatic rings. The van der Waals surface area contributed by atoms with Crippen LogP contribution >= 0.6 is 0 Å². The summed E-state index contributed by atoms with van der Waals surface area (Å²) in [6, 6.07) is 0. The average Bonchev–Trinajstić information content (AvgIpc) is 2.87. The van der Waals surface area contributed by atoms with Crippen LogP contribution in [0, 0.1) is 19.3 Å². The number of esters is 1. The minimum absolute atomic E-state index is 0.115. The lowest BCUT2D eigenvalue weighted by atomic mass is 9.84. The number of carbonyl (C=O) groups excluding carboxylic acids is 1. The van der Waals surface area contributed by atoms with Gasteiger partial charge in [-0.05, 0) is 58.2 Å². The first-order valence-corrected chi connectivity index (χ1v) is 8.65. The van der Waals surface area contributed by atoms with Crippen molar-refractivity contribution >= 4 is 17.8 Å². The van der Waals surface area contributed by atoms with Gasteiger partial charge in [0, 0.05) is 28.9 Å². The fourth-order valence-corrected chi connectivity index (χ4v) is 3.12. The molecule has 0 aromatic carbocycles. The summed E-state index contributed by atoms with van der Waals surface area (Å²) >= 11 is 0. The number of allylic oxidation sites excluding steroid dienone is 1. The summed E-state index contributed by atoms with van der Waals surface area (Å²) in [6.07, 6.45) is 3.96. The second kappa shape index (κ2) is 6.23. The van der Waals surface area contributed by atoms with Crippen molar-refractivity contribution in [2.75, 3.05) is 0 Å². The van der Waals surface area contributed by atoms with Crippen molar-refractivity contribution in [3.05, 3.63) is 28.2 Å². The van der Waals surface area contributed by atoms with Crippen molar-refractivity contribution in [2.24, 2.45) is 10.4 Å². The summed E-state index contributed by atoms with van der Waals surface area (Å²) in [5.41, 5.74) is 5.40.